The molecule has 7 nitrogen and oxygen atoms in total. The fourth-order valence-electron chi connectivity index (χ4n) is 4.37. The van der Waals surface area contributed by atoms with Crippen LogP contribution >= 0.6 is 11.8 Å². The van der Waals surface area contributed by atoms with Crippen LogP contribution < -0.4 is 10.1 Å². The Kier molecular flexibility index (Phi) is 10.4. The molecule has 2 N–H and O–H groups in total. The van der Waals surface area contributed by atoms with Crippen molar-refractivity contribution in [3.63, 3.8) is 0 Å². The smallest absolute Gasteiger partial charge is 0.407 e. The number of hydrogen-bond donors (Lipinski definition) is 2. The molecule has 4 atom stereocenters. The average molecular weight is 550 g/mol. The summed E-state index contributed by atoms with van der Waals surface area (Å²) < 4.78 is 23.6. The third kappa shape index (κ3) is 7.64. The normalized spacial score (nSPS) is 20.7. The van der Waals surface area contributed by atoms with Crippen LogP contribution in [-0.4, -0.2) is 36.8 Å². The fraction of sp³-hybridized carbons (Fsp3) is 0.323. The van der Waals surface area contributed by atoms with Gasteiger partial charge in [-0.2, -0.15) is 0 Å². The molecule has 1 fully saturated rings. The van der Waals surface area contributed by atoms with E-state index in [4.69, 9.17) is 18.9 Å². The summed E-state index contributed by atoms with van der Waals surface area (Å²) in [5.41, 5.74) is 3.72. The largest absolute Gasteiger partial charge is 0.496 e. The molecular weight excluding hydrogens is 514 g/mol. The van der Waals surface area contributed by atoms with E-state index in [1.807, 2.05) is 66.7 Å². The van der Waals surface area contributed by atoms with Gasteiger partial charge in [0.1, 0.15) is 12.4 Å². The predicted octanol–water partition coefficient (Wildman–Crippen LogP) is 6.18. The van der Waals surface area contributed by atoms with E-state index in [2.05, 4.69) is 24.9 Å². The van der Waals surface area contributed by atoms with Crippen LogP contribution in [0.25, 0.3) is 0 Å². The second-order valence-corrected chi connectivity index (χ2v) is 10.3. The summed E-state index contributed by atoms with van der Waals surface area (Å²) in [5.74, 6) is 1.64. The minimum Gasteiger partial charge on any atom is -0.496 e. The van der Waals surface area contributed by atoms with Gasteiger partial charge in [-0.05, 0) is 28.8 Å². The lowest BCUT2D eigenvalue weighted by atomic mass is 9.91. The van der Waals surface area contributed by atoms with Crippen LogP contribution in [-0.2, 0) is 27.4 Å². The lowest BCUT2D eigenvalue weighted by molar-refractivity contribution is -0.268. The Morgan fingerprint density at radius 3 is 2.41 bits per heavy atom. The number of methoxy groups -OCH3 is 1. The standard InChI is InChI=1S/C31H35NO6S/c1-4-17-36-31(34)32-18-22-9-15-25(16-10-22)30-37-27(20-39-28-8-6-5-7-26(28)35-3)21(2)29(38-30)24-13-11-23(19-33)12-14-24/h4-16,21,27,29-30,33H,1,17-20H2,2-3H3,(H,32,34). The molecule has 0 saturated carbocycles. The fourth-order valence-corrected chi connectivity index (χ4v) is 5.57. The number of aliphatic hydroxyl groups excluding tert-OH is 1. The number of thioether (sulfide) groups is 1. The van der Waals surface area contributed by atoms with Gasteiger partial charge in [0.25, 0.3) is 0 Å². The second kappa shape index (κ2) is 14.2. The third-order valence-corrected chi connectivity index (χ3v) is 7.76. The number of nitrogens with one attached hydrogen (secondary N) is 1. The highest BCUT2D eigenvalue weighted by Crippen LogP contribution is 2.43. The van der Waals surface area contributed by atoms with Crippen molar-refractivity contribution in [3.8, 4) is 5.75 Å². The van der Waals surface area contributed by atoms with Gasteiger partial charge in [-0.1, -0.05) is 80.2 Å². The Morgan fingerprint density at radius 1 is 1.03 bits per heavy atom. The molecule has 0 radical (unpaired) electrons. The molecule has 1 aliphatic rings. The maximum Gasteiger partial charge on any atom is 0.407 e. The molecule has 1 aliphatic heterocycles. The first-order valence-corrected chi connectivity index (χ1v) is 13.9. The lowest BCUT2D eigenvalue weighted by Crippen LogP contribution is -2.38. The van der Waals surface area contributed by atoms with Crippen molar-refractivity contribution in [2.75, 3.05) is 19.5 Å². The second-order valence-electron chi connectivity index (χ2n) is 9.27. The number of ether oxygens (including phenoxy) is 4. The molecule has 0 bridgehead atoms. The van der Waals surface area contributed by atoms with Crippen LogP contribution in [0, 0.1) is 5.92 Å². The van der Waals surface area contributed by atoms with Gasteiger partial charge in [-0.3, -0.25) is 0 Å². The minimum atomic E-state index is -0.563. The maximum absolute atomic E-state index is 11.7. The summed E-state index contributed by atoms with van der Waals surface area (Å²) in [4.78, 5) is 12.8. The number of amides is 1. The summed E-state index contributed by atoms with van der Waals surface area (Å²) in [5, 5.41) is 12.2. The van der Waals surface area contributed by atoms with Crippen molar-refractivity contribution in [1.29, 1.82) is 0 Å². The summed E-state index contributed by atoms with van der Waals surface area (Å²) in [6.45, 7) is 6.19. The lowest BCUT2D eigenvalue weighted by Gasteiger charge is -2.41. The Hall–Kier alpha value is -3.30. The van der Waals surface area contributed by atoms with Crippen LogP contribution in [0.3, 0.4) is 0 Å². The van der Waals surface area contributed by atoms with E-state index in [9.17, 15) is 9.90 Å². The molecule has 1 saturated heterocycles. The first-order chi connectivity index (χ1) is 19.0. The van der Waals surface area contributed by atoms with Gasteiger partial charge in [-0.25, -0.2) is 4.79 Å². The molecule has 4 unspecified atom stereocenters. The maximum atomic E-state index is 11.7. The van der Waals surface area contributed by atoms with E-state index < -0.39 is 12.4 Å². The molecule has 39 heavy (non-hydrogen) atoms. The third-order valence-electron chi connectivity index (χ3n) is 6.62. The number of aliphatic hydroxyl groups is 1. The van der Waals surface area contributed by atoms with Gasteiger partial charge in [0.15, 0.2) is 6.29 Å². The number of carbonyl (C=O) groups is 1. The van der Waals surface area contributed by atoms with E-state index in [1.54, 1.807) is 18.9 Å². The summed E-state index contributed by atoms with van der Waals surface area (Å²) >= 11 is 1.70. The Bertz CT molecular complexity index is 1220. The van der Waals surface area contributed by atoms with Crippen LogP contribution in [0.2, 0.25) is 0 Å². The van der Waals surface area contributed by atoms with Crippen LogP contribution in [0.5, 0.6) is 5.75 Å². The molecule has 1 amide bonds. The van der Waals surface area contributed by atoms with Crippen LogP contribution in [0.1, 0.15) is 41.6 Å². The number of rotatable bonds is 11. The van der Waals surface area contributed by atoms with Gasteiger partial charge >= 0.3 is 6.09 Å². The molecule has 8 heteroatoms. The molecule has 0 aromatic heterocycles. The molecule has 3 aromatic carbocycles. The van der Waals surface area contributed by atoms with E-state index >= 15 is 0 Å². The average Bonchev–Trinajstić information content (AvgIpc) is 2.99. The molecule has 0 spiro atoms. The Labute approximate surface area is 234 Å². The molecule has 1 heterocycles. The van der Waals surface area contributed by atoms with Crippen molar-refractivity contribution in [3.05, 3.63) is 108 Å². The van der Waals surface area contributed by atoms with E-state index in [0.717, 1.165) is 38.7 Å². The number of benzene rings is 3. The number of hydrogen-bond acceptors (Lipinski definition) is 7. The number of para-hydroxylation sites is 1. The Morgan fingerprint density at radius 2 is 1.72 bits per heavy atom. The minimum absolute atomic E-state index is 0.00154. The van der Waals surface area contributed by atoms with E-state index in [1.165, 1.54) is 6.08 Å². The highest BCUT2D eigenvalue weighted by molar-refractivity contribution is 7.99. The van der Waals surface area contributed by atoms with Crippen LogP contribution in [0.15, 0.2) is 90.3 Å². The van der Waals surface area contributed by atoms with Crippen molar-refractivity contribution >= 4 is 17.9 Å². The summed E-state index contributed by atoms with van der Waals surface area (Å²) in [7, 11) is 1.68. The van der Waals surface area contributed by atoms with Crippen molar-refractivity contribution in [1.82, 2.24) is 5.32 Å². The van der Waals surface area contributed by atoms with Gasteiger partial charge in [0.2, 0.25) is 0 Å². The van der Waals surface area contributed by atoms with Gasteiger partial charge in [-0.15, -0.1) is 11.8 Å². The zero-order valence-electron chi connectivity index (χ0n) is 22.2. The first kappa shape index (κ1) is 28.7. The van der Waals surface area contributed by atoms with Crippen molar-refractivity contribution in [2.45, 2.75) is 43.5 Å². The quantitative estimate of drug-likeness (QED) is 0.218. The first-order valence-electron chi connectivity index (χ1n) is 12.9. The summed E-state index contributed by atoms with van der Waals surface area (Å²) in [6, 6.07) is 23.7. The van der Waals surface area contributed by atoms with Crippen molar-refractivity contribution < 1.29 is 28.8 Å². The molecule has 206 valence electrons. The zero-order chi connectivity index (χ0) is 27.6. The predicted molar refractivity (Wildman–Crippen MR) is 152 cm³/mol. The topological polar surface area (TPSA) is 86.3 Å². The molecule has 3 aromatic rings. The highest BCUT2D eigenvalue weighted by atomic mass is 32.2. The van der Waals surface area contributed by atoms with Gasteiger partial charge in [0.05, 0.1) is 25.9 Å². The van der Waals surface area contributed by atoms with E-state index in [0.29, 0.717) is 6.54 Å². The zero-order valence-corrected chi connectivity index (χ0v) is 23.1. The Balaban J connectivity index is 1.51. The number of alkyl carbamates (subject to hydrolysis) is 1. The molecule has 0 aliphatic carbocycles. The SMILES string of the molecule is C=CCOC(=O)NCc1ccc(C2OC(CSc3ccccc3OC)C(C)C(c3ccc(CO)cc3)O2)cc1. The molecular formula is C31H35NO6S. The molecule has 4 rings (SSSR count). The number of carbonyl (C=O) groups excluding carboxylic acids is 1. The van der Waals surface area contributed by atoms with Gasteiger partial charge in [0, 0.05) is 28.7 Å². The summed E-state index contributed by atoms with van der Waals surface area (Å²) in [6.07, 6.45) is 0.183. The van der Waals surface area contributed by atoms with Gasteiger partial charge < -0.3 is 29.4 Å². The van der Waals surface area contributed by atoms with E-state index in [-0.39, 0.29) is 31.3 Å². The monoisotopic (exact) mass is 549 g/mol. The van der Waals surface area contributed by atoms with Crippen molar-refractivity contribution in [2.24, 2.45) is 5.92 Å². The highest BCUT2D eigenvalue weighted by Gasteiger charge is 2.38. The van der Waals surface area contributed by atoms with Crippen LogP contribution in [0.4, 0.5) is 4.79 Å².